The van der Waals surface area contributed by atoms with Gasteiger partial charge in [0.1, 0.15) is 36.8 Å². The van der Waals surface area contributed by atoms with Gasteiger partial charge in [0.2, 0.25) is 29.5 Å². The molecule has 0 radical (unpaired) electrons. The molecule has 2 aromatic carbocycles. The van der Waals surface area contributed by atoms with Crippen molar-refractivity contribution in [1.82, 2.24) is 40.9 Å². The molecule has 2 aliphatic heterocycles. The van der Waals surface area contributed by atoms with E-state index >= 15 is 0 Å². The van der Waals surface area contributed by atoms with E-state index in [1.54, 1.807) is 33.2 Å². The van der Waals surface area contributed by atoms with Gasteiger partial charge in [-0.25, -0.2) is 9.67 Å². The number of hydrogen-bond donors (Lipinski definition) is 4. The van der Waals surface area contributed by atoms with Gasteiger partial charge in [0.05, 0.1) is 12.1 Å². The Bertz CT molecular complexity index is 1710. The zero-order chi connectivity index (χ0) is 38.7. The Morgan fingerprint density at radius 2 is 1.64 bits per heavy atom. The van der Waals surface area contributed by atoms with E-state index in [0.717, 1.165) is 11.1 Å². The van der Waals surface area contributed by atoms with Gasteiger partial charge in [0, 0.05) is 39.8 Å². The third-order valence-corrected chi connectivity index (χ3v) is 8.91. The Morgan fingerprint density at radius 1 is 0.943 bits per heavy atom. The lowest BCUT2D eigenvalue weighted by Gasteiger charge is -2.27. The average Bonchev–Trinajstić information content (AvgIpc) is 3.46. The van der Waals surface area contributed by atoms with E-state index in [2.05, 4.69) is 45.2 Å². The first-order valence-corrected chi connectivity index (χ1v) is 18.2. The van der Waals surface area contributed by atoms with E-state index in [9.17, 15) is 24.0 Å². The predicted molar refractivity (Wildman–Crippen MR) is 199 cm³/mol. The predicted octanol–water partition coefficient (Wildman–Crippen LogP) is 2.65. The third-order valence-electron chi connectivity index (χ3n) is 8.91. The van der Waals surface area contributed by atoms with Crippen molar-refractivity contribution < 1.29 is 28.7 Å². The fourth-order valence-corrected chi connectivity index (χ4v) is 6.15. The van der Waals surface area contributed by atoms with Crippen LogP contribution < -0.4 is 26.0 Å². The summed E-state index contributed by atoms with van der Waals surface area (Å²) in [5.41, 5.74) is 1.55. The molecule has 0 unspecified atom stereocenters. The lowest BCUT2D eigenvalue weighted by Crippen LogP contribution is -2.55. The molecule has 0 saturated heterocycles. The highest BCUT2D eigenvalue weighted by atomic mass is 16.5. The van der Waals surface area contributed by atoms with Crippen molar-refractivity contribution in [2.45, 2.75) is 97.4 Å². The minimum Gasteiger partial charge on any atom is -0.491 e. The summed E-state index contributed by atoms with van der Waals surface area (Å²) < 4.78 is 7.62. The Kier molecular flexibility index (Phi) is 14.5. The van der Waals surface area contributed by atoms with Crippen molar-refractivity contribution >= 4 is 29.5 Å². The van der Waals surface area contributed by atoms with Gasteiger partial charge in [-0.05, 0) is 48.4 Å². The van der Waals surface area contributed by atoms with E-state index in [-0.39, 0.29) is 68.5 Å². The molecule has 3 aromatic rings. The summed E-state index contributed by atoms with van der Waals surface area (Å²) in [6, 6.07) is 13.4. The number of aryl methyl sites for hydroxylation is 1. The minimum absolute atomic E-state index is 0.0167. The highest BCUT2D eigenvalue weighted by molar-refractivity contribution is 5.93. The molecule has 5 amide bonds. The zero-order valence-corrected chi connectivity index (χ0v) is 31.8. The molecular weight excluding hydrogens is 676 g/mol. The van der Waals surface area contributed by atoms with Crippen LogP contribution in [0.1, 0.15) is 75.8 Å². The minimum atomic E-state index is -1.06. The van der Waals surface area contributed by atoms with Crippen molar-refractivity contribution in [3.05, 3.63) is 77.4 Å². The van der Waals surface area contributed by atoms with E-state index in [1.807, 2.05) is 56.3 Å². The second-order valence-corrected chi connectivity index (χ2v) is 14.6. The Labute approximate surface area is 311 Å². The topological polar surface area (TPSA) is 177 Å². The molecule has 53 heavy (non-hydrogen) atoms. The number of carbonyl (C=O) groups excluding carboxylic acids is 5. The number of hydrogen-bond acceptors (Lipinski definition) is 8. The number of benzene rings is 2. The Morgan fingerprint density at radius 3 is 2.28 bits per heavy atom. The molecule has 4 atom stereocenters. The normalized spacial score (nSPS) is 20.1. The summed E-state index contributed by atoms with van der Waals surface area (Å²) in [5, 5.41) is 16.4. The summed E-state index contributed by atoms with van der Waals surface area (Å²) in [5.74, 6) is -0.428. The molecule has 14 heteroatoms. The summed E-state index contributed by atoms with van der Waals surface area (Å²) in [7, 11) is 3.23. The molecule has 0 spiro atoms. The number of aromatic nitrogens is 3. The molecule has 0 saturated carbocycles. The molecule has 3 heterocycles. The third kappa shape index (κ3) is 12.4. The highest BCUT2D eigenvalue weighted by Crippen LogP contribution is 2.22. The fraction of sp³-hybridized carbons (Fsp3) is 0.513. The van der Waals surface area contributed by atoms with Crippen molar-refractivity contribution in [3.63, 3.8) is 0 Å². The fourth-order valence-electron chi connectivity index (χ4n) is 6.15. The van der Waals surface area contributed by atoms with Gasteiger partial charge >= 0.3 is 0 Å². The van der Waals surface area contributed by atoms with Gasteiger partial charge < -0.3 is 30.9 Å². The van der Waals surface area contributed by atoms with Crippen molar-refractivity contribution in [2.24, 2.45) is 11.8 Å². The smallest absolute Gasteiger partial charge is 0.243 e. The van der Waals surface area contributed by atoms with Gasteiger partial charge in [-0.2, -0.15) is 5.10 Å². The van der Waals surface area contributed by atoms with Crippen LogP contribution in [0.15, 0.2) is 54.6 Å². The van der Waals surface area contributed by atoms with Gasteiger partial charge in [-0.3, -0.25) is 24.0 Å². The number of nitrogens with zero attached hydrogens (tertiary/aromatic N) is 4. The first-order valence-electron chi connectivity index (χ1n) is 18.2. The molecule has 4 N–H and O–H groups in total. The van der Waals surface area contributed by atoms with Crippen LogP contribution in [0.2, 0.25) is 0 Å². The molecule has 1 aromatic heterocycles. The first-order chi connectivity index (χ1) is 25.2. The number of amides is 5. The SMILES string of the molecule is Cc1nc2n(n1)CC(=O)N[C@@H](CC(C)C)COc1ccc(cc1)C[C@H](NC(=O)CCC(=O)N(C)C)C(=O)N[C@@H](Cc1ccccc1)C(=O)N[C@H]2C(C)C. The van der Waals surface area contributed by atoms with Crippen LogP contribution in [0.4, 0.5) is 0 Å². The molecule has 0 aliphatic carbocycles. The number of carbonyl (C=O) groups is 5. The quantitative estimate of drug-likeness (QED) is 0.260. The van der Waals surface area contributed by atoms with Crippen LogP contribution >= 0.6 is 0 Å². The van der Waals surface area contributed by atoms with Crippen LogP contribution in [0.5, 0.6) is 5.75 Å². The average molecular weight is 731 g/mol. The molecule has 0 fully saturated rings. The standard InChI is InChI=1S/C39H54N8O6/c1-24(2)19-29-23-53-30-15-13-28(14-16-30)21-31(42-33(48)17-18-35(50)46(6)7)38(51)43-32(20-27-11-9-8-10-12-27)39(52)44-36(25(3)4)37-40-26(5)45-47(37)22-34(49)41-29/h8-16,24-25,29,31-32,36H,17-23H2,1-7H3,(H,41,49)(H,42,48)(H,43,51)(H,44,52)/t29-,31-,32-,36-/m0/s1. The number of fused-ring (bicyclic) bond motifs is 14. The van der Waals surface area contributed by atoms with Crippen molar-refractivity contribution in [3.8, 4) is 5.75 Å². The molecular formula is C39H54N8O6. The van der Waals surface area contributed by atoms with E-state index < -0.39 is 35.8 Å². The summed E-state index contributed by atoms with van der Waals surface area (Å²) in [6.45, 7) is 9.83. The second kappa shape index (κ2) is 19.0. The largest absolute Gasteiger partial charge is 0.491 e. The first kappa shape index (κ1) is 40.5. The van der Waals surface area contributed by atoms with E-state index in [1.165, 1.54) is 9.58 Å². The summed E-state index contributed by atoms with van der Waals surface area (Å²) in [6.07, 6.45) is 0.834. The van der Waals surface area contributed by atoms with Crippen LogP contribution in [0, 0.1) is 18.8 Å². The van der Waals surface area contributed by atoms with Crippen LogP contribution in [-0.2, 0) is 43.4 Å². The van der Waals surface area contributed by atoms with Crippen molar-refractivity contribution in [1.29, 1.82) is 0 Å². The maximum absolute atomic E-state index is 14.2. The Hall–Kier alpha value is -5.27. The Balaban J connectivity index is 1.73. The summed E-state index contributed by atoms with van der Waals surface area (Å²) in [4.78, 5) is 73.2. The molecule has 5 rings (SSSR count). The number of nitrogens with one attached hydrogen (secondary N) is 4. The number of rotatable bonds is 9. The molecule has 14 nitrogen and oxygen atoms in total. The van der Waals surface area contributed by atoms with E-state index in [4.69, 9.17) is 4.74 Å². The lowest BCUT2D eigenvalue weighted by atomic mass is 10.00. The number of ether oxygens (including phenoxy) is 1. The van der Waals surface area contributed by atoms with Gasteiger partial charge in [-0.1, -0.05) is 70.2 Å². The maximum atomic E-state index is 14.2. The molecule has 2 bridgehead atoms. The van der Waals surface area contributed by atoms with Gasteiger partial charge in [-0.15, -0.1) is 0 Å². The lowest BCUT2D eigenvalue weighted by molar-refractivity contribution is -0.134. The van der Waals surface area contributed by atoms with Crippen molar-refractivity contribution in [2.75, 3.05) is 20.7 Å². The molecule has 2 aliphatic rings. The molecule has 286 valence electrons. The van der Waals surface area contributed by atoms with Gasteiger partial charge in [0.25, 0.3) is 0 Å². The van der Waals surface area contributed by atoms with Gasteiger partial charge in [0.15, 0.2) is 5.82 Å². The van der Waals surface area contributed by atoms with Crippen LogP contribution in [0.3, 0.4) is 0 Å². The monoisotopic (exact) mass is 730 g/mol. The highest BCUT2D eigenvalue weighted by Gasteiger charge is 2.32. The maximum Gasteiger partial charge on any atom is 0.243 e. The zero-order valence-electron chi connectivity index (χ0n) is 31.8. The van der Waals surface area contributed by atoms with Crippen LogP contribution in [0.25, 0.3) is 0 Å². The summed E-state index contributed by atoms with van der Waals surface area (Å²) >= 11 is 0. The van der Waals surface area contributed by atoms with E-state index in [0.29, 0.717) is 23.8 Å². The van der Waals surface area contributed by atoms with Crippen LogP contribution in [-0.4, -0.2) is 88.0 Å². The second-order valence-electron chi connectivity index (χ2n) is 14.6.